The number of hydrogen-bond acceptors (Lipinski definition) is 4. The van der Waals surface area contributed by atoms with E-state index in [0.717, 1.165) is 23.7 Å². The molecule has 2 aromatic rings. The Hall–Kier alpha value is -3.15. The van der Waals surface area contributed by atoms with Crippen LogP contribution in [0.4, 0.5) is 11.4 Å². The molecule has 0 saturated heterocycles. The van der Waals surface area contributed by atoms with Gasteiger partial charge >= 0.3 is 0 Å². The summed E-state index contributed by atoms with van der Waals surface area (Å²) in [6, 6.07) is 13.4. The molecule has 3 amide bonds. The summed E-state index contributed by atoms with van der Waals surface area (Å²) < 4.78 is 0. The molecule has 0 aromatic heterocycles. The molecule has 0 bridgehead atoms. The molecule has 1 aliphatic rings. The molecule has 0 fully saturated rings. The first-order valence-corrected chi connectivity index (χ1v) is 10.0. The highest BCUT2D eigenvalue weighted by Gasteiger charge is 2.43. The van der Waals surface area contributed by atoms with Crippen molar-refractivity contribution < 1.29 is 14.4 Å². The maximum absolute atomic E-state index is 13.0. The van der Waals surface area contributed by atoms with Crippen LogP contribution >= 0.6 is 0 Å². The lowest BCUT2D eigenvalue weighted by Crippen LogP contribution is -2.50. The van der Waals surface area contributed by atoms with Crippen LogP contribution in [0.2, 0.25) is 0 Å². The number of hydrogen-bond donors (Lipinski definition) is 1. The molecule has 2 aromatic carbocycles. The Morgan fingerprint density at radius 2 is 1.45 bits per heavy atom. The number of nitrogens with one attached hydrogen (secondary N) is 1. The van der Waals surface area contributed by atoms with Crippen LogP contribution in [0.5, 0.6) is 0 Å². The molecule has 29 heavy (non-hydrogen) atoms. The molecular weight excluding hydrogens is 366 g/mol. The summed E-state index contributed by atoms with van der Waals surface area (Å²) in [7, 11) is 0. The minimum atomic E-state index is -0.884. The van der Waals surface area contributed by atoms with Crippen LogP contribution in [0.15, 0.2) is 48.5 Å². The summed E-state index contributed by atoms with van der Waals surface area (Å²) in [5.74, 6) is -1.44. The van der Waals surface area contributed by atoms with Gasteiger partial charge in [0.1, 0.15) is 6.04 Å². The fourth-order valence-corrected chi connectivity index (χ4v) is 3.74. The van der Waals surface area contributed by atoms with Gasteiger partial charge in [0.15, 0.2) is 0 Å². The highest BCUT2D eigenvalue weighted by molar-refractivity contribution is 6.23. The Morgan fingerprint density at radius 3 is 1.90 bits per heavy atom. The molecule has 1 unspecified atom stereocenters. The topological polar surface area (TPSA) is 69.7 Å². The fourth-order valence-electron chi connectivity index (χ4n) is 3.74. The van der Waals surface area contributed by atoms with Gasteiger partial charge < -0.3 is 10.2 Å². The maximum atomic E-state index is 13.0. The number of nitrogens with zero attached hydrogens (tertiary/aromatic N) is 2. The number of rotatable bonds is 7. The van der Waals surface area contributed by atoms with E-state index in [0.29, 0.717) is 16.8 Å². The van der Waals surface area contributed by atoms with E-state index in [2.05, 4.69) is 24.1 Å². The van der Waals surface area contributed by atoms with Gasteiger partial charge in [0, 0.05) is 24.5 Å². The molecule has 6 nitrogen and oxygen atoms in total. The summed E-state index contributed by atoms with van der Waals surface area (Å²) in [4.78, 5) is 42.0. The summed E-state index contributed by atoms with van der Waals surface area (Å²) in [5.41, 5.74) is 2.40. The predicted molar refractivity (Wildman–Crippen MR) is 114 cm³/mol. The first kappa shape index (κ1) is 20.6. The number of carbonyl (C=O) groups excluding carboxylic acids is 3. The van der Waals surface area contributed by atoms with Gasteiger partial charge in [-0.2, -0.15) is 0 Å². The van der Waals surface area contributed by atoms with Crippen molar-refractivity contribution in [2.24, 2.45) is 5.92 Å². The molecule has 1 aliphatic heterocycles. The lowest BCUT2D eigenvalue weighted by atomic mass is 10.0. The zero-order chi connectivity index (χ0) is 21.1. The number of carbonyl (C=O) groups is 3. The highest BCUT2D eigenvalue weighted by Crippen LogP contribution is 2.28. The number of imide groups is 1. The van der Waals surface area contributed by atoms with E-state index in [1.54, 1.807) is 24.3 Å². The van der Waals surface area contributed by atoms with Gasteiger partial charge in [-0.15, -0.1) is 0 Å². The lowest BCUT2D eigenvalue weighted by Gasteiger charge is -2.28. The van der Waals surface area contributed by atoms with E-state index in [4.69, 9.17) is 0 Å². The Bertz CT molecular complexity index is 882. The third-order valence-electron chi connectivity index (χ3n) is 5.27. The van der Waals surface area contributed by atoms with Gasteiger partial charge in [-0.1, -0.05) is 26.0 Å². The summed E-state index contributed by atoms with van der Waals surface area (Å²) >= 11 is 0. The van der Waals surface area contributed by atoms with Crippen molar-refractivity contribution in [3.8, 4) is 0 Å². The van der Waals surface area contributed by atoms with Crippen LogP contribution in [0.1, 0.15) is 48.4 Å². The maximum Gasteiger partial charge on any atom is 0.262 e. The second kappa shape index (κ2) is 8.47. The van der Waals surface area contributed by atoms with E-state index >= 15 is 0 Å². The van der Waals surface area contributed by atoms with Gasteiger partial charge in [-0.3, -0.25) is 19.3 Å². The van der Waals surface area contributed by atoms with Crippen molar-refractivity contribution in [1.82, 2.24) is 4.90 Å². The SMILES string of the molecule is CCN(CC)c1ccc(NC(=O)C(C(C)C)N2C(=O)c3ccccc3C2=O)cc1. The Labute approximate surface area is 171 Å². The van der Waals surface area contributed by atoms with Crippen LogP contribution < -0.4 is 10.2 Å². The molecule has 0 spiro atoms. The first-order chi connectivity index (χ1) is 13.9. The van der Waals surface area contributed by atoms with Crippen molar-refractivity contribution in [2.45, 2.75) is 33.7 Å². The monoisotopic (exact) mass is 393 g/mol. The van der Waals surface area contributed by atoms with Gasteiger partial charge in [0.2, 0.25) is 5.91 Å². The van der Waals surface area contributed by atoms with Crippen LogP contribution in [-0.4, -0.2) is 41.8 Å². The van der Waals surface area contributed by atoms with Gasteiger partial charge in [0.05, 0.1) is 11.1 Å². The largest absolute Gasteiger partial charge is 0.372 e. The zero-order valence-electron chi connectivity index (χ0n) is 17.3. The first-order valence-electron chi connectivity index (χ1n) is 10.0. The average molecular weight is 393 g/mol. The summed E-state index contributed by atoms with van der Waals surface area (Å²) in [6.07, 6.45) is 0. The van der Waals surface area contributed by atoms with E-state index in [9.17, 15) is 14.4 Å². The summed E-state index contributed by atoms with van der Waals surface area (Å²) in [5, 5.41) is 2.87. The smallest absolute Gasteiger partial charge is 0.262 e. The van der Waals surface area contributed by atoms with Crippen molar-refractivity contribution >= 4 is 29.1 Å². The molecule has 1 atom stereocenters. The van der Waals surface area contributed by atoms with Crippen molar-refractivity contribution in [3.05, 3.63) is 59.7 Å². The zero-order valence-corrected chi connectivity index (χ0v) is 17.3. The minimum absolute atomic E-state index is 0.229. The normalized spacial score (nSPS) is 14.2. The molecule has 3 rings (SSSR count). The fraction of sp³-hybridized carbons (Fsp3) is 0.348. The molecular formula is C23H27N3O3. The molecule has 152 valence electrons. The Balaban J connectivity index is 1.81. The second-order valence-corrected chi connectivity index (χ2v) is 7.42. The van der Waals surface area contributed by atoms with E-state index in [-0.39, 0.29) is 11.8 Å². The van der Waals surface area contributed by atoms with Gasteiger partial charge in [-0.25, -0.2) is 0 Å². The molecule has 1 N–H and O–H groups in total. The summed E-state index contributed by atoms with van der Waals surface area (Å²) in [6.45, 7) is 9.65. The average Bonchev–Trinajstić information content (AvgIpc) is 2.96. The number of anilines is 2. The predicted octanol–water partition coefficient (Wildman–Crippen LogP) is 3.79. The Kier molecular flexibility index (Phi) is 6.01. The van der Waals surface area contributed by atoms with Crippen LogP contribution in [0.3, 0.4) is 0 Å². The lowest BCUT2D eigenvalue weighted by molar-refractivity contribution is -0.121. The molecule has 0 aliphatic carbocycles. The highest BCUT2D eigenvalue weighted by atomic mass is 16.2. The third-order valence-corrected chi connectivity index (χ3v) is 5.27. The Morgan fingerprint density at radius 1 is 0.931 bits per heavy atom. The van der Waals surface area contributed by atoms with Crippen LogP contribution in [0.25, 0.3) is 0 Å². The number of fused-ring (bicyclic) bond motifs is 1. The standard InChI is InChI=1S/C23H27N3O3/c1-5-25(6-2)17-13-11-16(12-14-17)24-21(27)20(15(3)4)26-22(28)18-9-7-8-10-19(18)23(26)29/h7-15,20H,5-6H2,1-4H3,(H,24,27). The molecule has 0 saturated carbocycles. The minimum Gasteiger partial charge on any atom is -0.372 e. The van der Waals surface area contributed by atoms with Crippen molar-refractivity contribution in [3.63, 3.8) is 0 Å². The van der Waals surface area contributed by atoms with Crippen LogP contribution in [0, 0.1) is 5.92 Å². The third kappa shape index (κ3) is 3.88. The molecule has 0 radical (unpaired) electrons. The second-order valence-electron chi connectivity index (χ2n) is 7.42. The number of amides is 3. The van der Waals surface area contributed by atoms with Gasteiger partial charge in [0.25, 0.3) is 11.8 Å². The van der Waals surface area contributed by atoms with E-state index in [1.807, 2.05) is 38.1 Å². The molecule has 6 heteroatoms. The van der Waals surface area contributed by atoms with Crippen LogP contribution in [-0.2, 0) is 4.79 Å². The quantitative estimate of drug-likeness (QED) is 0.727. The van der Waals surface area contributed by atoms with Crippen molar-refractivity contribution in [1.29, 1.82) is 0 Å². The number of benzene rings is 2. The molecule has 1 heterocycles. The van der Waals surface area contributed by atoms with E-state index in [1.165, 1.54) is 0 Å². The van der Waals surface area contributed by atoms with Gasteiger partial charge in [-0.05, 0) is 56.2 Å². The van der Waals surface area contributed by atoms with E-state index < -0.39 is 17.9 Å². The van der Waals surface area contributed by atoms with Crippen molar-refractivity contribution in [2.75, 3.05) is 23.3 Å².